The minimum Gasteiger partial charge on any atom is -0.514 e. The monoisotopic (exact) mass is 466 g/mol. The van der Waals surface area contributed by atoms with Crippen molar-refractivity contribution in [3.63, 3.8) is 0 Å². The third-order valence-corrected chi connectivity index (χ3v) is 5.98. The van der Waals surface area contributed by atoms with Crippen molar-refractivity contribution in [3.8, 4) is 0 Å². The molecule has 0 aromatic rings. The van der Waals surface area contributed by atoms with Gasteiger partial charge in [0.15, 0.2) is 0 Å². The smallest absolute Gasteiger partial charge is 0.514 e. The number of hydrogen-bond donors (Lipinski definition) is 0. The molecular weight excluding hydrogens is 440 g/mol. The molecule has 27 heavy (non-hydrogen) atoms. The Balaban J connectivity index is 0.00000364. The van der Waals surface area contributed by atoms with E-state index in [0.29, 0.717) is 49.7 Å². The first-order valence-electron chi connectivity index (χ1n) is 9.43. The van der Waals surface area contributed by atoms with E-state index < -0.39 is 30.1 Å². The van der Waals surface area contributed by atoms with Gasteiger partial charge in [-0.25, -0.2) is 0 Å². The van der Waals surface area contributed by atoms with Crippen LogP contribution >= 0.6 is 0 Å². The van der Waals surface area contributed by atoms with Gasteiger partial charge in [-0.1, -0.05) is 44.3 Å². The van der Waals surface area contributed by atoms with Gasteiger partial charge < -0.3 is 6.58 Å². The van der Waals surface area contributed by atoms with Crippen molar-refractivity contribution in [2.45, 2.75) is 77.1 Å². The second-order valence-electron chi connectivity index (χ2n) is 7.85. The van der Waals surface area contributed by atoms with E-state index in [1.807, 2.05) is 6.92 Å². The zero-order valence-electron chi connectivity index (χ0n) is 16.1. The molecule has 4 atom stereocenters. The summed E-state index contributed by atoms with van der Waals surface area (Å²) >= 11 is 0. The molecule has 0 bridgehead atoms. The van der Waals surface area contributed by atoms with Gasteiger partial charge in [-0.2, -0.15) is 26.3 Å². The van der Waals surface area contributed by atoms with Crippen LogP contribution in [0.1, 0.15) is 64.7 Å². The Bertz CT molecular complexity index is 520. The molecule has 2 unspecified atom stereocenters. The Morgan fingerprint density at radius 1 is 0.926 bits per heavy atom. The molecule has 0 amide bonds. The van der Waals surface area contributed by atoms with Gasteiger partial charge in [0.25, 0.3) is 0 Å². The predicted molar refractivity (Wildman–Crippen MR) is 89.2 cm³/mol. The Morgan fingerprint density at radius 3 is 2.04 bits per heavy atom. The molecule has 0 spiro atoms. The summed E-state index contributed by atoms with van der Waals surface area (Å²) < 4.78 is 79.8. The van der Waals surface area contributed by atoms with Crippen LogP contribution in [0.5, 0.6) is 0 Å². The summed E-state index contributed by atoms with van der Waals surface area (Å²) in [4.78, 5) is 0. The topological polar surface area (TPSA) is 0 Å². The summed E-state index contributed by atoms with van der Waals surface area (Å²) in [6.45, 7) is 7.49. The number of hydrogen-bond acceptors (Lipinski definition) is 0. The molecule has 0 heterocycles. The van der Waals surface area contributed by atoms with Crippen molar-refractivity contribution >= 4 is 0 Å². The summed E-state index contributed by atoms with van der Waals surface area (Å²) in [5.74, 6) is -3.81. The maximum Gasteiger partial charge on any atom is 1.00 e. The molecule has 7 heteroatoms. The molecule has 0 aromatic carbocycles. The number of allylic oxidation sites excluding steroid dienone is 3. The maximum atomic E-state index is 13.4. The molecule has 150 valence electrons. The van der Waals surface area contributed by atoms with E-state index in [2.05, 4.69) is 0 Å². The minimum atomic E-state index is -4.32. The summed E-state index contributed by atoms with van der Waals surface area (Å²) in [7, 11) is 0. The van der Waals surface area contributed by atoms with Gasteiger partial charge in [0.2, 0.25) is 0 Å². The molecule has 0 nitrogen and oxygen atoms in total. The third-order valence-electron chi connectivity index (χ3n) is 5.98. The quantitative estimate of drug-likeness (QED) is 0.327. The first kappa shape index (κ1) is 25.9. The zero-order valence-corrected chi connectivity index (χ0v) is 21.0. The summed E-state index contributed by atoms with van der Waals surface area (Å²) in [6, 6.07) is 0. The summed E-state index contributed by atoms with van der Waals surface area (Å²) in [6.07, 6.45) is -3.84. The van der Waals surface area contributed by atoms with Crippen molar-refractivity contribution in [3.05, 3.63) is 23.8 Å². The molecule has 0 aromatic heterocycles. The second kappa shape index (κ2) is 10.8. The van der Waals surface area contributed by atoms with E-state index in [0.717, 1.165) is 0 Å². The molecule has 2 saturated carbocycles. The van der Waals surface area contributed by atoms with E-state index in [9.17, 15) is 26.3 Å². The molecule has 2 fully saturated rings. The SMILES string of the molecule is [CH-]=C1CC[C@@H](CC=C2CC[C@@H](CCC)C(C(F)(F)F)C2)C(C(F)(F)F)C1.[Rb+]. The Labute approximate surface area is 207 Å². The van der Waals surface area contributed by atoms with Crippen LogP contribution in [0.2, 0.25) is 0 Å². The van der Waals surface area contributed by atoms with Crippen LogP contribution in [0.4, 0.5) is 26.3 Å². The summed E-state index contributed by atoms with van der Waals surface area (Å²) in [5, 5.41) is 0. The Hall–Kier alpha value is 0.865. The van der Waals surface area contributed by atoms with Crippen LogP contribution < -0.4 is 58.2 Å². The van der Waals surface area contributed by atoms with Gasteiger partial charge in [0.05, 0.1) is 11.8 Å². The first-order chi connectivity index (χ1) is 12.0. The molecule has 0 aliphatic heterocycles. The van der Waals surface area contributed by atoms with Gasteiger partial charge in [0, 0.05) is 0 Å². The number of alkyl halides is 6. The van der Waals surface area contributed by atoms with E-state index in [1.54, 1.807) is 6.08 Å². The van der Waals surface area contributed by atoms with Crippen LogP contribution in [-0.4, -0.2) is 12.4 Å². The van der Waals surface area contributed by atoms with Crippen molar-refractivity contribution in [1.29, 1.82) is 0 Å². The number of rotatable bonds is 4. The number of halogens is 6. The fraction of sp³-hybridized carbons (Fsp3) is 0.800. The van der Waals surface area contributed by atoms with Gasteiger partial charge in [-0.3, -0.25) is 5.57 Å². The molecule has 2 aliphatic carbocycles. The van der Waals surface area contributed by atoms with E-state index in [4.69, 9.17) is 6.58 Å². The fourth-order valence-corrected chi connectivity index (χ4v) is 4.51. The van der Waals surface area contributed by atoms with Crippen molar-refractivity contribution in [2.75, 3.05) is 0 Å². The van der Waals surface area contributed by atoms with Crippen LogP contribution in [0, 0.1) is 30.3 Å². The van der Waals surface area contributed by atoms with E-state index in [-0.39, 0.29) is 83.4 Å². The fourth-order valence-electron chi connectivity index (χ4n) is 4.51. The third kappa shape index (κ3) is 7.56. The van der Waals surface area contributed by atoms with Crippen LogP contribution in [-0.2, 0) is 0 Å². The van der Waals surface area contributed by atoms with Gasteiger partial charge in [0.1, 0.15) is 0 Å². The van der Waals surface area contributed by atoms with Crippen molar-refractivity contribution in [1.82, 2.24) is 0 Å². The molecule has 2 rings (SSSR count). The van der Waals surface area contributed by atoms with Gasteiger partial charge >= 0.3 is 70.5 Å². The normalized spacial score (nSPS) is 31.7. The minimum absolute atomic E-state index is 0. The standard InChI is InChI=1S/C20H27F6.Rb/c1-3-4-15-9-6-14(12-18(15)20(24,25)26)7-10-16-8-5-13(2)11-17(16)19(21,22)23;/h2,7,15-18H,3-6,8-12H2,1H3;/q-1;+1/t15-,16+,17?,18?;/m1./s1. The molecule has 2 aliphatic rings. The van der Waals surface area contributed by atoms with Crippen LogP contribution in [0.3, 0.4) is 0 Å². The van der Waals surface area contributed by atoms with Gasteiger partial charge in [-0.15, -0.1) is 0 Å². The first-order valence-corrected chi connectivity index (χ1v) is 9.43. The Morgan fingerprint density at radius 2 is 1.48 bits per heavy atom. The van der Waals surface area contributed by atoms with E-state index in [1.165, 1.54) is 0 Å². The molecule has 0 N–H and O–H groups in total. The van der Waals surface area contributed by atoms with E-state index >= 15 is 0 Å². The van der Waals surface area contributed by atoms with Crippen molar-refractivity contribution in [2.24, 2.45) is 23.7 Å². The largest absolute Gasteiger partial charge is 1.00 e. The zero-order chi connectivity index (χ0) is 19.5. The predicted octanol–water partition coefficient (Wildman–Crippen LogP) is 4.42. The average Bonchev–Trinajstić information content (AvgIpc) is 2.53. The molecule has 0 radical (unpaired) electrons. The second-order valence-corrected chi connectivity index (χ2v) is 7.85. The van der Waals surface area contributed by atoms with Crippen LogP contribution in [0.25, 0.3) is 0 Å². The molecular formula is C20H27F6Rb. The van der Waals surface area contributed by atoms with Crippen molar-refractivity contribution < 1.29 is 84.5 Å². The van der Waals surface area contributed by atoms with Crippen LogP contribution in [0.15, 0.2) is 17.2 Å². The van der Waals surface area contributed by atoms with Gasteiger partial charge in [-0.05, 0) is 43.9 Å². The average molecular weight is 467 g/mol. The Kier molecular flexibility index (Phi) is 10.3. The molecule has 0 saturated heterocycles. The maximum absolute atomic E-state index is 13.4. The summed E-state index contributed by atoms with van der Waals surface area (Å²) in [5.41, 5.74) is 1.04.